The van der Waals surface area contributed by atoms with Crippen molar-refractivity contribution in [1.29, 1.82) is 0 Å². The molecule has 11 nitrogen and oxygen atoms in total. The number of aryl methyl sites for hydroxylation is 1. The highest BCUT2D eigenvalue weighted by Gasteiger charge is 2.45. The van der Waals surface area contributed by atoms with E-state index in [2.05, 4.69) is 10.6 Å². The average Bonchev–Trinajstić information content (AvgIpc) is 3.30. The van der Waals surface area contributed by atoms with Crippen LogP contribution in [-0.4, -0.2) is 45.7 Å². The van der Waals surface area contributed by atoms with Crippen LogP contribution in [0.1, 0.15) is 29.4 Å². The van der Waals surface area contributed by atoms with Gasteiger partial charge in [0.05, 0.1) is 29.5 Å². The van der Waals surface area contributed by atoms with Gasteiger partial charge in [0.15, 0.2) is 18.1 Å². The lowest BCUT2D eigenvalue weighted by Crippen LogP contribution is -2.42. The number of anilines is 2. The number of carbonyl (C=O) groups is 3. The average molecular weight is 510 g/mol. The SMILES string of the molecule is CCOC(=O)c1ccc(NC(=O)CC2C(=O)N(c3ccccc3)C(=S)N2Cc2c([O-])on[n+]2C)cc1. The summed E-state index contributed by atoms with van der Waals surface area (Å²) in [4.78, 5) is 41.1. The Kier molecular flexibility index (Phi) is 7.25. The van der Waals surface area contributed by atoms with Crippen LogP contribution in [0.5, 0.6) is 5.95 Å². The predicted octanol–water partition coefficient (Wildman–Crippen LogP) is 1.28. The van der Waals surface area contributed by atoms with Gasteiger partial charge in [-0.25, -0.2) is 4.79 Å². The first-order valence-electron chi connectivity index (χ1n) is 11.1. The molecule has 36 heavy (non-hydrogen) atoms. The zero-order valence-corrected chi connectivity index (χ0v) is 20.4. The van der Waals surface area contributed by atoms with Crippen molar-refractivity contribution in [3.8, 4) is 5.95 Å². The molecule has 1 unspecified atom stereocenters. The van der Waals surface area contributed by atoms with Crippen molar-refractivity contribution in [2.75, 3.05) is 16.8 Å². The van der Waals surface area contributed by atoms with Gasteiger partial charge in [-0.2, -0.15) is 0 Å². The Hall–Kier alpha value is -4.32. The molecule has 0 saturated carbocycles. The third-order valence-corrected chi connectivity index (χ3v) is 6.00. The maximum atomic E-state index is 13.4. The minimum absolute atomic E-state index is 0.0705. The largest absolute Gasteiger partial charge is 0.539 e. The van der Waals surface area contributed by atoms with E-state index >= 15 is 0 Å². The normalized spacial score (nSPS) is 15.3. The number of para-hydroxylation sites is 1. The van der Waals surface area contributed by atoms with Crippen molar-refractivity contribution in [3.63, 3.8) is 0 Å². The summed E-state index contributed by atoms with van der Waals surface area (Å²) in [6.45, 7) is 1.90. The Morgan fingerprint density at radius 2 is 1.89 bits per heavy atom. The number of thiocarbonyl (C=S) groups is 1. The molecule has 3 aromatic rings. The number of hydrogen-bond donors (Lipinski definition) is 1. The van der Waals surface area contributed by atoms with Gasteiger partial charge in [0.25, 0.3) is 11.6 Å². The van der Waals surface area contributed by atoms with Crippen LogP contribution in [0.25, 0.3) is 0 Å². The van der Waals surface area contributed by atoms with E-state index in [1.165, 1.54) is 33.7 Å². The molecule has 1 fully saturated rings. The smallest absolute Gasteiger partial charge is 0.338 e. The van der Waals surface area contributed by atoms with E-state index in [9.17, 15) is 19.5 Å². The molecule has 1 atom stereocenters. The van der Waals surface area contributed by atoms with Gasteiger partial charge in [0.2, 0.25) is 5.91 Å². The van der Waals surface area contributed by atoms with Crippen LogP contribution < -0.4 is 20.0 Å². The predicted molar refractivity (Wildman–Crippen MR) is 129 cm³/mol. The maximum Gasteiger partial charge on any atom is 0.338 e. The number of rotatable bonds is 8. The Morgan fingerprint density at radius 3 is 2.50 bits per heavy atom. The minimum atomic E-state index is -0.967. The van der Waals surface area contributed by atoms with Crippen molar-refractivity contribution in [2.45, 2.75) is 25.9 Å². The van der Waals surface area contributed by atoms with Gasteiger partial charge in [-0.1, -0.05) is 22.9 Å². The Balaban J connectivity index is 1.55. The molecule has 2 heterocycles. The van der Waals surface area contributed by atoms with E-state index < -0.39 is 29.8 Å². The number of benzene rings is 2. The van der Waals surface area contributed by atoms with E-state index in [1.54, 1.807) is 43.3 Å². The van der Waals surface area contributed by atoms with Crippen molar-refractivity contribution < 1.29 is 33.4 Å². The maximum absolute atomic E-state index is 13.4. The summed E-state index contributed by atoms with van der Waals surface area (Å²) < 4.78 is 10.9. The van der Waals surface area contributed by atoms with Crippen molar-refractivity contribution in [2.24, 2.45) is 7.05 Å². The van der Waals surface area contributed by atoms with Crippen LogP contribution in [0.2, 0.25) is 0 Å². The van der Waals surface area contributed by atoms with Gasteiger partial charge in [0, 0.05) is 5.69 Å². The topological polar surface area (TPSA) is 132 Å². The van der Waals surface area contributed by atoms with Crippen molar-refractivity contribution in [3.05, 3.63) is 65.9 Å². The summed E-state index contributed by atoms with van der Waals surface area (Å²) in [5, 5.41) is 18.6. The molecule has 1 saturated heterocycles. The van der Waals surface area contributed by atoms with Crippen molar-refractivity contribution in [1.82, 2.24) is 10.2 Å². The fraction of sp³-hybridized carbons (Fsp3) is 0.250. The van der Waals surface area contributed by atoms with E-state index in [4.69, 9.17) is 21.5 Å². The van der Waals surface area contributed by atoms with Gasteiger partial charge < -0.3 is 24.6 Å². The fourth-order valence-corrected chi connectivity index (χ4v) is 4.17. The summed E-state index contributed by atoms with van der Waals surface area (Å²) >= 11 is 5.59. The lowest BCUT2D eigenvalue weighted by atomic mass is 10.1. The third kappa shape index (κ3) is 5.03. The first-order chi connectivity index (χ1) is 17.3. The molecule has 2 amide bonds. The molecule has 0 aliphatic carbocycles. The van der Waals surface area contributed by atoms with Gasteiger partial charge in [-0.3, -0.25) is 14.5 Å². The van der Waals surface area contributed by atoms with Crippen LogP contribution in [-0.2, 0) is 27.9 Å². The molecular weight excluding hydrogens is 486 g/mol. The van der Waals surface area contributed by atoms with Crippen LogP contribution >= 0.6 is 12.2 Å². The highest BCUT2D eigenvalue weighted by molar-refractivity contribution is 7.80. The lowest BCUT2D eigenvalue weighted by Gasteiger charge is -2.22. The van der Waals surface area contributed by atoms with Gasteiger partial charge in [-0.05, 0) is 55.5 Å². The second-order valence-electron chi connectivity index (χ2n) is 7.92. The fourth-order valence-electron chi connectivity index (χ4n) is 3.78. The standard InChI is InChI=1S/C24H23N5O6S/c1-3-34-22(32)15-9-11-16(12-10-15)25-20(30)13-18-21(31)29(17-7-5-4-6-8-17)24(36)28(18)14-19-23(33)35-26-27(19)2/h4-12,18H,3,13-14H2,1-2H3,(H-,25,26,30,32,33). The Morgan fingerprint density at radius 1 is 1.19 bits per heavy atom. The number of esters is 1. The number of ether oxygens (including phenoxy) is 1. The molecule has 0 bridgehead atoms. The molecule has 1 aromatic heterocycles. The molecule has 186 valence electrons. The molecule has 1 N–H and O–H groups in total. The van der Waals surface area contributed by atoms with E-state index in [0.29, 0.717) is 16.9 Å². The van der Waals surface area contributed by atoms with Gasteiger partial charge in [0.1, 0.15) is 12.6 Å². The zero-order valence-electron chi connectivity index (χ0n) is 19.5. The van der Waals surface area contributed by atoms with E-state index in [1.807, 2.05) is 6.07 Å². The summed E-state index contributed by atoms with van der Waals surface area (Å²) in [6, 6.07) is 14.1. The van der Waals surface area contributed by atoms with Crippen LogP contribution in [0.4, 0.5) is 11.4 Å². The van der Waals surface area contributed by atoms with E-state index in [-0.39, 0.29) is 30.4 Å². The molecular formula is C24H23N5O6S. The monoisotopic (exact) mass is 509 g/mol. The minimum Gasteiger partial charge on any atom is -0.539 e. The summed E-state index contributed by atoms with van der Waals surface area (Å²) in [7, 11) is 1.54. The van der Waals surface area contributed by atoms with Gasteiger partial charge in [-0.15, -0.1) is 0 Å². The van der Waals surface area contributed by atoms with Crippen LogP contribution in [0, 0.1) is 0 Å². The zero-order chi connectivity index (χ0) is 25.8. The van der Waals surface area contributed by atoms with Crippen LogP contribution in [0.15, 0.2) is 59.1 Å². The number of hydrogen-bond acceptors (Lipinski definition) is 8. The number of amides is 2. The molecule has 1 aliphatic rings. The number of nitrogens with zero attached hydrogens (tertiary/aromatic N) is 4. The molecule has 4 rings (SSSR count). The second kappa shape index (κ2) is 10.5. The highest BCUT2D eigenvalue weighted by Crippen LogP contribution is 2.29. The molecule has 12 heteroatoms. The number of aromatic nitrogens is 2. The summed E-state index contributed by atoms with van der Waals surface area (Å²) in [6.07, 6.45) is -0.231. The first-order valence-corrected chi connectivity index (χ1v) is 11.5. The van der Waals surface area contributed by atoms with Gasteiger partial charge >= 0.3 is 5.97 Å². The summed E-state index contributed by atoms with van der Waals surface area (Å²) in [5.41, 5.74) is 1.53. The second-order valence-corrected chi connectivity index (χ2v) is 8.28. The molecule has 1 aliphatic heterocycles. The molecule has 0 spiro atoms. The Labute approximate surface area is 211 Å². The Bertz CT molecular complexity index is 1270. The number of nitrogens with one attached hydrogen (secondary N) is 1. The quantitative estimate of drug-likeness (QED) is 0.271. The third-order valence-electron chi connectivity index (χ3n) is 5.58. The lowest BCUT2D eigenvalue weighted by molar-refractivity contribution is -0.746. The summed E-state index contributed by atoms with van der Waals surface area (Å²) in [5.74, 6) is -1.96. The van der Waals surface area contributed by atoms with Crippen molar-refractivity contribution >= 4 is 46.5 Å². The van der Waals surface area contributed by atoms with E-state index in [0.717, 1.165) is 0 Å². The first kappa shape index (κ1) is 24.8. The molecule has 0 radical (unpaired) electrons. The van der Waals surface area contributed by atoms with Crippen LogP contribution in [0.3, 0.4) is 0 Å². The highest BCUT2D eigenvalue weighted by atomic mass is 32.1. The molecule has 2 aromatic carbocycles. The number of carbonyl (C=O) groups excluding carboxylic acids is 3.